The lowest BCUT2D eigenvalue weighted by Gasteiger charge is -2.31. The van der Waals surface area contributed by atoms with Gasteiger partial charge in [0, 0.05) is 31.6 Å². The van der Waals surface area contributed by atoms with E-state index < -0.39 is 0 Å². The highest BCUT2D eigenvalue weighted by atomic mass is 16.5. The first-order valence-corrected chi connectivity index (χ1v) is 8.94. The SMILES string of the molecule is NC(=NCCN1CC2CCC(C1)O2)NC1CCOc2ccccc21. The molecule has 24 heavy (non-hydrogen) atoms. The minimum Gasteiger partial charge on any atom is -0.493 e. The number of ether oxygens (including phenoxy) is 2. The van der Waals surface area contributed by atoms with E-state index in [1.165, 1.54) is 12.8 Å². The average Bonchev–Trinajstić information content (AvgIpc) is 2.94. The average molecular weight is 330 g/mol. The maximum atomic E-state index is 6.10. The minimum absolute atomic E-state index is 0.179. The molecule has 3 aliphatic heterocycles. The molecule has 3 heterocycles. The van der Waals surface area contributed by atoms with Crippen molar-refractivity contribution in [3.8, 4) is 5.75 Å². The molecule has 1 aromatic rings. The molecule has 2 fully saturated rings. The van der Waals surface area contributed by atoms with Gasteiger partial charge in [0.15, 0.2) is 5.96 Å². The van der Waals surface area contributed by atoms with Gasteiger partial charge in [-0.05, 0) is 18.9 Å². The predicted molar refractivity (Wildman–Crippen MR) is 93.3 cm³/mol. The lowest BCUT2D eigenvalue weighted by molar-refractivity contribution is -0.0370. The summed E-state index contributed by atoms with van der Waals surface area (Å²) in [6, 6.07) is 8.29. The van der Waals surface area contributed by atoms with E-state index in [9.17, 15) is 0 Å². The zero-order valence-electron chi connectivity index (χ0n) is 14.0. The molecular weight excluding hydrogens is 304 g/mol. The monoisotopic (exact) mass is 330 g/mol. The van der Waals surface area contributed by atoms with E-state index in [-0.39, 0.29) is 6.04 Å². The highest BCUT2D eigenvalue weighted by Gasteiger charge is 2.33. The summed E-state index contributed by atoms with van der Waals surface area (Å²) in [5.74, 6) is 1.46. The second-order valence-corrected chi connectivity index (χ2v) is 6.86. The van der Waals surface area contributed by atoms with Crippen LogP contribution in [0.15, 0.2) is 29.3 Å². The normalized spacial score (nSPS) is 29.8. The molecule has 0 radical (unpaired) electrons. The van der Waals surface area contributed by atoms with Gasteiger partial charge in [0.05, 0.1) is 31.4 Å². The van der Waals surface area contributed by atoms with Gasteiger partial charge in [-0.25, -0.2) is 0 Å². The Morgan fingerprint density at radius 1 is 1.21 bits per heavy atom. The van der Waals surface area contributed by atoms with E-state index in [1.54, 1.807) is 0 Å². The van der Waals surface area contributed by atoms with Gasteiger partial charge in [0.25, 0.3) is 0 Å². The number of para-hydroxylation sites is 1. The predicted octanol–water partition coefficient (Wildman–Crippen LogP) is 1.28. The Morgan fingerprint density at radius 2 is 2.00 bits per heavy atom. The zero-order chi connectivity index (χ0) is 16.4. The molecule has 0 amide bonds. The lowest BCUT2D eigenvalue weighted by Crippen LogP contribution is -2.44. The van der Waals surface area contributed by atoms with Gasteiger partial charge in [-0.2, -0.15) is 0 Å². The van der Waals surface area contributed by atoms with Crippen LogP contribution in [0.1, 0.15) is 30.9 Å². The molecule has 2 saturated heterocycles. The van der Waals surface area contributed by atoms with Crippen molar-refractivity contribution in [3.63, 3.8) is 0 Å². The maximum absolute atomic E-state index is 6.10. The van der Waals surface area contributed by atoms with Crippen LogP contribution < -0.4 is 15.8 Å². The molecule has 4 rings (SSSR count). The number of fused-ring (bicyclic) bond motifs is 3. The van der Waals surface area contributed by atoms with Crippen molar-refractivity contribution in [1.29, 1.82) is 0 Å². The van der Waals surface area contributed by atoms with Gasteiger partial charge >= 0.3 is 0 Å². The summed E-state index contributed by atoms with van der Waals surface area (Å²) < 4.78 is 11.5. The van der Waals surface area contributed by atoms with Crippen molar-refractivity contribution in [3.05, 3.63) is 29.8 Å². The second-order valence-electron chi connectivity index (χ2n) is 6.86. The fraction of sp³-hybridized carbons (Fsp3) is 0.611. The number of nitrogens with two attached hydrogens (primary N) is 1. The Morgan fingerprint density at radius 3 is 2.83 bits per heavy atom. The summed E-state index contributed by atoms with van der Waals surface area (Å²) in [4.78, 5) is 6.97. The summed E-state index contributed by atoms with van der Waals surface area (Å²) in [5, 5.41) is 3.35. The molecule has 0 aliphatic carbocycles. The van der Waals surface area contributed by atoms with Crippen LogP contribution >= 0.6 is 0 Å². The quantitative estimate of drug-likeness (QED) is 0.643. The molecule has 0 spiro atoms. The maximum Gasteiger partial charge on any atom is 0.189 e. The van der Waals surface area contributed by atoms with E-state index >= 15 is 0 Å². The summed E-state index contributed by atoms with van der Waals surface area (Å²) >= 11 is 0. The van der Waals surface area contributed by atoms with Crippen molar-refractivity contribution in [2.75, 3.05) is 32.8 Å². The van der Waals surface area contributed by atoms with Crippen molar-refractivity contribution < 1.29 is 9.47 Å². The molecule has 6 nitrogen and oxygen atoms in total. The number of benzene rings is 1. The lowest BCUT2D eigenvalue weighted by atomic mass is 10.0. The van der Waals surface area contributed by atoms with Gasteiger partial charge < -0.3 is 20.5 Å². The number of hydrogen-bond acceptors (Lipinski definition) is 4. The first-order valence-electron chi connectivity index (χ1n) is 8.94. The third-order valence-electron chi connectivity index (χ3n) is 5.10. The minimum atomic E-state index is 0.179. The number of guanidine groups is 1. The third kappa shape index (κ3) is 3.49. The van der Waals surface area contributed by atoms with Crippen LogP contribution in [-0.2, 0) is 4.74 Å². The molecule has 1 aromatic carbocycles. The number of nitrogens with one attached hydrogen (secondary N) is 1. The van der Waals surface area contributed by atoms with Crippen molar-refractivity contribution in [2.24, 2.45) is 10.7 Å². The van der Waals surface area contributed by atoms with Crippen LogP contribution in [-0.4, -0.2) is 55.9 Å². The Bertz CT molecular complexity index is 594. The highest BCUT2D eigenvalue weighted by Crippen LogP contribution is 2.31. The summed E-state index contributed by atoms with van der Waals surface area (Å²) in [5.41, 5.74) is 7.26. The Balaban J connectivity index is 1.29. The van der Waals surface area contributed by atoms with Crippen LogP contribution in [0.2, 0.25) is 0 Å². The smallest absolute Gasteiger partial charge is 0.189 e. The van der Waals surface area contributed by atoms with Gasteiger partial charge in [0.2, 0.25) is 0 Å². The van der Waals surface area contributed by atoms with Gasteiger partial charge in [-0.15, -0.1) is 0 Å². The largest absolute Gasteiger partial charge is 0.493 e. The van der Waals surface area contributed by atoms with Crippen LogP contribution in [0.3, 0.4) is 0 Å². The second kappa shape index (κ2) is 6.99. The third-order valence-corrected chi connectivity index (χ3v) is 5.10. The Kier molecular flexibility index (Phi) is 4.58. The molecule has 3 unspecified atom stereocenters. The molecule has 0 saturated carbocycles. The number of rotatable bonds is 4. The highest BCUT2D eigenvalue weighted by molar-refractivity contribution is 5.78. The molecular formula is C18H26N4O2. The standard InChI is InChI=1S/C18H26N4O2/c19-18(20-8-9-22-11-13-5-6-14(12-22)24-13)21-16-7-10-23-17-4-2-1-3-15(16)17/h1-4,13-14,16H,5-12H2,(H3,19,20,21). The Hall–Kier alpha value is -1.79. The van der Waals surface area contributed by atoms with Gasteiger partial charge in [-0.1, -0.05) is 18.2 Å². The van der Waals surface area contributed by atoms with Crippen LogP contribution in [0.4, 0.5) is 0 Å². The van der Waals surface area contributed by atoms with Crippen molar-refractivity contribution >= 4 is 5.96 Å². The van der Waals surface area contributed by atoms with Gasteiger partial charge in [0.1, 0.15) is 5.75 Å². The molecule has 6 heteroatoms. The summed E-state index contributed by atoms with van der Waals surface area (Å²) in [6.07, 6.45) is 4.18. The first-order chi connectivity index (χ1) is 11.8. The molecule has 3 N–H and O–H groups in total. The van der Waals surface area contributed by atoms with Crippen LogP contribution in [0, 0.1) is 0 Å². The molecule has 130 valence electrons. The molecule has 3 aliphatic rings. The number of likely N-dealkylation sites (tertiary alicyclic amines) is 1. The summed E-state index contributed by atoms with van der Waals surface area (Å²) in [6.45, 7) is 4.45. The van der Waals surface area contributed by atoms with E-state index in [1.807, 2.05) is 18.2 Å². The van der Waals surface area contributed by atoms with E-state index in [2.05, 4.69) is 21.3 Å². The topological polar surface area (TPSA) is 72.1 Å². The number of morpholine rings is 1. The Labute approximate surface area is 143 Å². The number of aliphatic imine (C=N–C) groups is 1. The van der Waals surface area contributed by atoms with Crippen LogP contribution in [0.5, 0.6) is 5.75 Å². The molecule has 3 atom stereocenters. The van der Waals surface area contributed by atoms with Crippen molar-refractivity contribution in [2.45, 2.75) is 37.5 Å². The number of hydrogen-bond donors (Lipinski definition) is 2. The zero-order valence-corrected chi connectivity index (χ0v) is 14.0. The summed E-state index contributed by atoms with van der Waals surface area (Å²) in [7, 11) is 0. The van der Waals surface area contributed by atoms with E-state index in [0.29, 0.717) is 24.8 Å². The number of nitrogens with zero attached hydrogens (tertiary/aromatic N) is 2. The molecule has 2 bridgehead atoms. The van der Waals surface area contributed by atoms with Gasteiger partial charge in [-0.3, -0.25) is 9.89 Å². The fourth-order valence-corrected chi connectivity index (χ4v) is 3.91. The fourth-order valence-electron chi connectivity index (χ4n) is 3.91. The first kappa shape index (κ1) is 15.7. The molecule has 0 aromatic heterocycles. The van der Waals surface area contributed by atoms with Crippen LogP contribution in [0.25, 0.3) is 0 Å². The van der Waals surface area contributed by atoms with E-state index in [0.717, 1.165) is 43.9 Å². The van der Waals surface area contributed by atoms with Crippen molar-refractivity contribution in [1.82, 2.24) is 10.2 Å². The van der Waals surface area contributed by atoms with E-state index in [4.69, 9.17) is 15.2 Å².